The molecular formula is C13H20N4O4. The molecule has 0 aromatic carbocycles. The molecule has 8 nitrogen and oxygen atoms in total. The second-order valence-electron chi connectivity index (χ2n) is 4.86. The van der Waals surface area contributed by atoms with E-state index in [2.05, 4.69) is 10.4 Å². The SMILES string of the molecule is Cc1cc(C)n(CCC(=O)NC(CCC(N)=O)C(=O)O)n1. The molecule has 0 aliphatic heterocycles. The van der Waals surface area contributed by atoms with Crippen molar-refractivity contribution in [2.24, 2.45) is 5.73 Å². The van der Waals surface area contributed by atoms with E-state index in [1.54, 1.807) is 4.68 Å². The third-order valence-corrected chi connectivity index (χ3v) is 2.97. The van der Waals surface area contributed by atoms with Crippen molar-refractivity contribution < 1.29 is 19.5 Å². The first-order chi connectivity index (χ1) is 9.79. The molecule has 1 aromatic rings. The summed E-state index contributed by atoms with van der Waals surface area (Å²) < 4.78 is 1.69. The number of rotatable bonds is 8. The Balaban J connectivity index is 2.48. The lowest BCUT2D eigenvalue weighted by molar-refractivity contribution is -0.142. The summed E-state index contributed by atoms with van der Waals surface area (Å²) in [6, 6.07) is 0.788. The highest BCUT2D eigenvalue weighted by Gasteiger charge is 2.20. The van der Waals surface area contributed by atoms with Gasteiger partial charge in [0.25, 0.3) is 0 Å². The van der Waals surface area contributed by atoms with Crippen LogP contribution in [-0.4, -0.2) is 38.7 Å². The summed E-state index contributed by atoms with van der Waals surface area (Å²) in [6.45, 7) is 4.10. The van der Waals surface area contributed by atoms with E-state index in [-0.39, 0.29) is 19.3 Å². The third kappa shape index (κ3) is 5.64. The molecule has 2 amide bonds. The van der Waals surface area contributed by atoms with Gasteiger partial charge in [0.05, 0.1) is 5.69 Å². The molecular weight excluding hydrogens is 276 g/mol. The number of aryl methyl sites for hydroxylation is 3. The number of aliphatic carboxylic acids is 1. The molecule has 1 atom stereocenters. The van der Waals surface area contributed by atoms with Gasteiger partial charge in [0.15, 0.2) is 0 Å². The Kier molecular flexibility index (Phi) is 5.89. The fourth-order valence-electron chi connectivity index (χ4n) is 1.92. The predicted molar refractivity (Wildman–Crippen MR) is 74.3 cm³/mol. The van der Waals surface area contributed by atoms with Gasteiger partial charge in [-0.05, 0) is 26.3 Å². The van der Waals surface area contributed by atoms with Crippen LogP contribution in [0.15, 0.2) is 6.07 Å². The first-order valence-corrected chi connectivity index (χ1v) is 6.61. The molecule has 116 valence electrons. The summed E-state index contributed by atoms with van der Waals surface area (Å²) in [6.07, 6.45) is 0.00727. The minimum absolute atomic E-state index is 0.0175. The van der Waals surface area contributed by atoms with Crippen molar-refractivity contribution in [1.82, 2.24) is 15.1 Å². The number of nitrogens with zero attached hydrogens (tertiary/aromatic N) is 2. The van der Waals surface area contributed by atoms with Crippen LogP contribution in [0.4, 0.5) is 0 Å². The number of aromatic nitrogens is 2. The van der Waals surface area contributed by atoms with Gasteiger partial charge in [0.1, 0.15) is 6.04 Å². The smallest absolute Gasteiger partial charge is 0.326 e. The number of hydrogen-bond acceptors (Lipinski definition) is 4. The molecule has 1 rings (SSSR count). The molecule has 0 radical (unpaired) electrons. The van der Waals surface area contributed by atoms with Gasteiger partial charge in [0, 0.05) is 25.1 Å². The van der Waals surface area contributed by atoms with E-state index in [0.29, 0.717) is 6.54 Å². The Hall–Kier alpha value is -2.38. The van der Waals surface area contributed by atoms with Crippen LogP contribution in [0.5, 0.6) is 0 Å². The molecule has 0 spiro atoms. The van der Waals surface area contributed by atoms with Crippen LogP contribution >= 0.6 is 0 Å². The van der Waals surface area contributed by atoms with E-state index in [1.165, 1.54) is 0 Å². The molecule has 0 bridgehead atoms. The van der Waals surface area contributed by atoms with Gasteiger partial charge in [-0.2, -0.15) is 5.10 Å². The zero-order chi connectivity index (χ0) is 16.0. The minimum atomic E-state index is -1.18. The van der Waals surface area contributed by atoms with Gasteiger partial charge in [-0.3, -0.25) is 14.3 Å². The fourth-order valence-corrected chi connectivity index (χ4v) is 1.92. The number of carboxylic acid groups (broad SMARTS) is 1. The molecule has 0 aliphatic carbocycles. The zero-order valence-corrected chi connectivity index (χ0v) is 12.1. The number of primary amides is 1. The van der Waals surface area contributed by atoms with Gasteiger partial charge in [-0.15, -0.1) is 0 Å². The maximum absolute atomic E-state index is 11.8. The van der Waals surface area contributed by atoms with Crippen LogP contribution in [0.25, 0.3) is 0 Å². The average molecular weight is 296 g/mol. The van der Waals surface area contributed by atoms with Gasteiger partial charge in [0.2, 0.25) is 11.8 Å². The normalized spacial score (nSPS) is 11.9. The summed E-state index contributed by atoms with van der Waals surface area (Å²) >= 11 is 0. The molecule has 1 heterocycles. The van der Waals surface area contributed by atoms with E-state index in [1.807, 2.05) is 19.9 Å². The molecule has 21 heavy (non-hydrogen) atoms. The first kappa shape index (κ1) is 16.7. The van der Waals surface area contributed by atoms with E-state index >= 15 is 0 Å². The fraction of sp³-hybridized carbons (Fsp3) is 0.538. The maximum atomic E-state index is 11.8. The second-order valence-corrected chi connectivity index (χ2v) is 4.86. The standard InChI is InChI=1S/C13H20N4O4/c1-8-7-9(2)17(16-8)6-5-12(19)15-10(13(20)21)3-4-11(14)18/h7,10H,3-6H2,1-2H3,(H2,14,18)(H,15,19)(H,20,21). The highest BCUT2D eigenvalue weighted by Crippen LogP contribution is 2.03. The Morgan fingerprint density at radius 3 is 2.52 bits per heavy atom. The number of nitrogens with one attached hydrogen (secondary N) is 1. The lowest BCUT2D eigenvalue weighted by Crippen LogP contribution is -2.41. The molecule has 4 N–H and O–H groups in total. The molecule has 1 aromatic heterocycles. The second kappa shape index (κ2) is 7.41. The summed E-state index contributed by atoms with van der Waals surface area (Å²) in [7, 11) is 0. The van der Waals surface area contributed by atoms with Crippen LogP contribution in [0, 0.1) is 13.8 Å². The number of amides is 2. The maximum Gasteiger partial charge on any atom is 0.326 e. The van der Waals surface area contributed by atoms with Crippen LogP contribution < -0.4 is 11.1 Å². The largest absolute Gasteiger partial charge is 0.480 e. The number of carboxylic acids is 1. The van der Waals surface area contributed by atoms with Crippen molar-refractivity contribution in [2.45, 2.75) is 45.7 Å². The highest BCUT2D eigenvalue weighted by atomic mass is 16.4. The molecule has 0 saturated heterocycles. The minimum Gasteiger partial charge on any atom is -0.480 e. The van der Waals surface area contributed by atoms with Gasteiger partial charge < -0.3 is 16.2 Å². The number of carbonyl (C=O) groups is 3. The van der Waals surface area contributed by atoms with Crippen molar-refractivity contribution in [2.75, 3.05) is 0 Å². The van der Waals surface area contributed by atoms with Crippen LogP contribution in [0.1, 0.15) is 30.7 Å². The summed E-state index contributed by atoms with van der Waals surface area (Å²) in [5, 5.41) is 15.6. The number of carbonyl (C=O) groups excluding carboxylic acids is 2. The Bertz CT molecular complexity index is 538. The quantitative estimate of drug-likeness (QED) is 0.608. The topological polar surface area (TPSA) is 127 Å². The molecule has 0 aliphatic rings. The number of hydrogen-bond donors (Lipinski definition) is 3. The summed E-state index contributed by atoms with van der Waals surface area (Å²) in [5.74, 6) is -2.19. The van der Waals surface area contributed by atoms with Crippen molar-refractivity contribution >= 4 is 17.8 Å². The molecule has 0 fully saturated rings. The van der Waals surface area contributed by atoms with Crippen molar-refractivity contribution in [3.8, 4) is 0 Å². The molecule has 1 unspecified atom stereocenters. The lowest BCUT2D eigenvalue weighted by atomic mass is 10.1. The van der Waals surface area contributed by atoms with Crippen molar-refractivity contribution in [3.05, 3.63) is 17.5 Å². The summed E-state index contributed by atoms with van der Waals surface area (Å²) in [5.41, 5.74) is 6.76. The average Bonchev–Trinajstić information content (AvgIpc) is 2.69. The third-order valence-electron chi connectivity index (χ3n) is 2.97. The van der Waals surface area contributed by atoms with Gasteiger partial charge in [-0.25, -0.2) is 4.79 Å². The number of nitrogens with two attached hydrogens (primary N) is 1. The Labute approximate surface area is 122 Å². The van der Waals surface area contributed by atoms with E-state index in [0.717, 1.165) is 11.4 Å². The van der Waals surface area contributed by atoms with E-state index in [9.17, 15) is 14.4 Å². The van der Waals surface area contributed by atoms with Gasteiger partial charge >= 0.3 is 5.97 Å². The Morgan fingerprint density at radius 2 is 2.05 bits per heavy atom. The van der Waals surface area contributed by atoms with Crippen LogP contribution in [0.3, 0.4) is 0 Å². The first-order valence-electron chi connectivity index (χ1n) is 6.61. The lowest BCUT2D eigenvalue weighted by Gasteiger charge is -2.13. The molecule has 8 heteroatoms. The predicted octanol–water partition coefficient (Wildman–Crippen LogP) is -0.275. The van der Waals surface area contributed by atoms with Crippen LogP contribution in [0.2, 0.25) is 0 Å². The highest BCUT2D eigenvalue weighted by molar-refractivity contribution is 5.84. The Morgan fingerprint density at radius 1 is 1.38 bits per heavy atom. The zero-order valence-electron chi connectivity index (χ0n) is 12.1. The van der Waals surface area contributed by atoms with Crippen molar-refractivity contribution in [1.29, 1.82) is 0 Å². The van der Waals surface area contributed by atoms with E-state index in [4.69, 9.17) is 10.8 Å². The van der Waals surface area contributed by atoms with E-state index < -0.39 is 23.8 Å². The van der Waals surface area contributed by atoms with Crippen LogP contribution in [-0.2, 0) is 20.9 Å². The van der Waals surface area contributed by atoms with Crippen molar-refractivity contribution in [3.63, 3.8) is 0 Å². The summed E-state index contributed by atoms with van der Waals surface area (Å²) in [4.78, 5) is 33.4. The molecule has 0 saturated carbocycles. The monoisotopic (exact) mass is 296 g/mol. The van der Waals surface area contributed by atoms with Gasteiger partial charge in [-0.1, -0.05) is 0 Å².